The van der Waals surface area contributed by atoms with E-state index in [9.17, 15) is 9.59 Å². The predicted octanol–water partition coefficient (Wildman–Crippen LogP) is 0.514. The lowest BCUT2D eigenvalue weighted by atomic mass is 10.3. The molecule has 82 valence electrons. The number of carboxylic acid groups (broad SMARTS) is 2. The van der Waals surface area contributed by atoms with Gasteiger partial charge in [-0.05, 0) is 6.92 Å². The molecular weight excluding hydrogens is 204 g/mol. The second-order valence-electron chi connectivity index (χ2n) is 2.83. The molecule has 0 saturated heterocycles. The van der Waals surface area contributed by atoms with Crippen molar-refractivity contribution in [1.29, 1.82) is 0 Å². The van der Waals surface area contributed by atoms with Crippen LogP contribution in [-0.4, -0.2) is 39.2 Å². The van der Waals surface area contributed by atoms with Gasteiger partial charge in [-0.2, -0.15) is 0 Å². The number of aromatic amines is 1. The van der Waals surface area contributed by atoms with Gasteiger partial charge < -0.3 is 19.9 Å². The van der Waals surface area contributed by atoms with E-state index in [-0.39, 0.29) is 5.82 Å². The van der Waals surface area contributed by atoms with Gasteiger partial charge >= 0.3 is 11.9 Å². The van der Waals surface area contributed by atoms with Gasteiger partial charge in [0.15, 0.2) is 11.4 Å². The van der Waals surface area contributed by atoms with E-state index in [1.807, 2.05) is 0 Å². The van der Waals surface area contributed by atoms with Crippen molar-refractivity contribution >= 4 is 11.9 Å². The highest BCUT2D eigenvalue weighted by Gasteiger charge is 2.23. The van der Waals surface area contributed by atoms with Crippen LogP contribution in [0.3, 0.4) is 0 Å². The minimum atomic E-state index is -1.39. The Morgan fingerprint density at radius 1 is 1.40 bits per heavy atom. The Morgan fingerprint density at radius 2 is 2.00 bits per heavy atom. The number of ether oxygens (including phenoxy) is 1. The van der Waals surface area contributed by atoms with Crippen LogP contribution in [0, 0.1) is 0 Å². The number of carbonyl (C=O) groups is 2. The van der Waals surface area contributed by atoms with Crippen molar-refractivity contribution < 1.29 is 24.5 Å². The number of hydrogen-bond donors (Lipinski definition) is 3. The summed E-state index contributed by atoms with van der Waals surface area (Å²) in [6.45, 7) is 1.62. The third-order valence-corrected chi connectivity index (χ3v) is 1.88. The molecule has 7 heteroatoms. The van der Waals surface area contributed by atoms with Gasteiger partial charge in [-0.3, -0.25) is 0 Å². The maximum absolute atomic E-state index is 10.7. The molecule has 0 aliphatic heterocycles. The molecule has 0 aliphatic carbocycles. The standard InChI is InChI=1S/C8H10N2O5/c1-3(15-2)6-9-4(7(11)12)5(10-6)8(13)14/h3H,1-2H3,(H,9,10)(H,11,12)(H,13,14). The zero-order valence-electron chi connectivity index (χ0n) is 8.14. The zero-order chi connectivity index (χ0) is 11.6. The van der Waals surface area contributed by atoms with Crippen LogP contribution in [0.5, 0.6) is 0 Å². The molecule has 7 nitrogen and oxygen atoms in total. The Hall–Kier alpha value is -1.89. The molecule has 0 saturated carbocycles. The van der Waals surface area contributed by atoms with Crippen molar-refractivity contribution in [2.24, 2.45) is 0 Å². The van der Waals surface area contributed by atoms with Crippen molar-refractivity contribution in [3.8, 4) is 0 Å². The average molecular weight is 214 g/mol. The highest BCUT2D eigenvalue weighted by molar-refractivity contribution is 5.98. The number of aromatic carboxylic acids is 2. The van der Waals surface area contributed by atoms with Gasteiger partial charge in [-0.1, -0.05) is 0 Å². The third kappa shape index (κ3) is 2.13. The SMILES string of the molecule is COC(C)c1nc(C(=O)O)c(C(=O)O)[nH]1. The molecule has 1 aromatic heterocycles. The van der Waals surface area contributed by atoms with Gasteiger partial charge in [0.05, 0.1) is 0 Å². The lowest BCUT2D eigenvalue weighted by molar-refractivity contribution is 0.0644. The highest BCUT2D eigenvalue weighted by atomic mass is 16.5. The van der Waals surface area contributed by atoms with Crippen LogP contribution >= 0.6 is 0 Å². The van der Waals surface area contributed by atoms with E-state index >= 15 is 0 Å². The Morgan fingerprint density at radius 3 is 2.33 bits per heavy atom. The summed E-state index contributed by atoms with van der Waals surface area (Å²) in [7, 11) is 1.41. The number of nitrogens with one attached hydrogen (secondary N) is 1. The maximum atomic E-state index is 10.7. The van der Waals surface area contributed by atoms with E-state index in [0.29, 0.717) is 0 Å². The summed E-state index contributed by atoms with van der Waals surface area (Å²) < 4.78 is 4.88. The van der Waals surface area contributed by atoms with Crippen molar-refractivity contribution in [3.05, 3.63) is 17.2 Å². The molecule has 0 fully saturated rings. The monoisotopic (exact) mass is 214 g/mol. The van der Waals surface area contributed by atoms with Crippen LogP contribution in [-0.2, 0) is 4.74 Å². The molecule has 1 unspecified atom stereocenters. The number of carboxylic acids is 2. The van der Waals surface area contributed by atoms with Crippen molar-refractivity contribution in [3.63, 3.8) is 0 Å². The summed E-state index contributed by atoms with van der Waals surface area (Å²) in [6, 6.07) is 0. The number of H-pyrrole nitrogens is 1. The number of nitrogens with zero attached hydrogens (tertiary/aromatic N) is 1. The molecule has 3 N–H and O–H groups in total. The van der Waals surface area contributed by atoms with Gasteiger partial charge in [0.1, 0.15) is 11.9 Å². The van der Waals surface area contributed by atoms with E-state index in [2.05, 4.69) is 9.97 Å². The van der Waals surface area contributed by atoms with E-state index in [4.69, 9.17) is 14.9 Å². The molecule has 15 heavy (non-hydrogen) atoms. The molecule has 1 heterocycles. The molecule has 0 aromatic carbocycles. The summed E-state index contributed by atoms with van der Waals surface area (Å²) in [5.74, 6) is -2.58. The third-order valence-electron chi connectivity index (χ3n) is 1.88. The highest BCUT2D eigenvalue weighted by Crippen LogP contribution is 2.15. The minimum absolute atomic E-state index is 0.173. The van der Waals surface area contributed by atoms with Crippen molar-refractivity contribution in [2.45, 2.75) is 13.0 Å². The number of imidazole rings is 1. The van der Waals surface area contributed by atoms with Crippen LogP contribution in [0.15, 0.2) is 0 Å². The van der Waals surface area contributed by atoms with E-state index in [0.717, 1.165) is 0 Å². The topological polar surface area (TPSA) is 113 Å². The largest absolute Gasteiger partial charge is 0.477 e. The van der Waals surface area contributed by atoms with Gasteiger partial charge in [0.25, 0.3) is 0 Å². The number of rotatable bonds is 4. The van der Waals surface area contributed by atoms with Crippen LogP contribution < -0.4 is 0 Å². The molecular formula is C8H10N2O5. The second kappa shape index (κ2) is 4.09. The first-order valence-corrected chi connectivity index (χ1v) is 4.06. The normalized spacial score (nSPS) is 12.4. The van der Waals surface area contributed by atoms with Gasteiger partial charge in [-0.25, -0.2) is 14.6 Å². The lowest BCUT2D eigenvalue weighted by Gasteiger charge is -2.03. The molecule has 0 radical (unpaired) electrons. The molecule has 1 atom stereocenters. The Bertz CT molecular complexity index is 366. The van der Waals surface area contributed by atoms with Gasteiger partial charge in [0.2, 0.25) is 0 Å². The quantitative estimate of drug-likeness (QED) is 0.673. The number of methoxy groups -OCH3 is 1. The lowest BCUT2D eigenvalue weighted by Crippen LogP contribution is -2.07. The summed E-state index contributed by atoms with van der Waals surface area (Å²) in [5, 5.41) is 17.4. The molecule has 0 aliphatic rings. The average Bonchev–Trinajstić information content (AvgIpc) is 2.61. The Kier molecular flexibility index (Phi) is 3.05. The number of hydrogen-bond acceptors (Lipinski definition) is 4. The smallest absolute Gasteiger partial charge is 0.357 e. The van der Waals surface area contributed by atoms with Crippen LogP contribution in [0.1, 0.15) is 39.8 Å². The molecule has 0 bridgehead atoms. The summed E-state index contributed by atoms with van der Waals surface area (Å²) in [5.41, 5.74) is -0.956. The van der Waals surface area contributed by atoms with Crippen molar-refractivity contribution in [1.82, 2.24) is 9.97 Å². The fourth-order valence-electron chi connectivity index (χ4n) is 1.01. The van der Waals surface area contributed by atoms with Crippen LogP contribution in [0.2, 0.25) is 0 Å². The fraction of sp³-hybridized carbons (Fsp3) is 0.375. The maximum Gasteiger partial charge on any atom is 0.357 e. The summed E-state index contributed by atoms with van der Waals surface area (Å²) in [6.07, 6.45) is -0.490. The Labute approximate surface area is 84.7 Å². The van der Waals surface area contributed by atoms with Crippen molar-refractivity contribution in [2.75, 3.05) is 7.11 Å². The first-order chi connectivity index (χ1) is 6.97. The fourth-order valence-corrected chi connectivity index (χ4v) is 1.01. The van der Waals surface area contributed by atoms with Crippen LogP contribution in [0.25, 0.3) is 0 Å². The van der Waals surface area contributed by atoms with Gasteiger partial charge in [0, 0.05) is 7.11 Å². The predicted molar refractivity (Wildman–Crippen MR) is 47.9 cm³/mol. The van der Waals surface area contributed by atoms with E-state index < -0.39 is 29.4 Å². The van der Waals surface area contributed by atoms with E-state index in [1.165, 1.54) is 7.11 Å². The zero-order valence-corrected chi connectivity index (χ0v) is 8.14. The first kappa shape index (κ1) is 11.2. The Balaban J connectivity index is 3.21. The molecule has 1 rings (SSSR count). The minimum Gasteiger partial charge on any atom is -0.477 e. The molecule has 1 aromatic rings. The second-order valence-corrected chi connectivity index (χ2v) is 2.83. The van der Waals surface area contributed by atoms with E-state index in [1.54, 1.807) is 6.92 Å². The summed E-state index contributed by atoms with van der Waals surface area (Å²) >= 11 is 0. The first-order valence-electron chi connectivity index (χ1n) is 4.06. The molecule has 0 spiro atoms. The number of aromatic nitrogens is 2. The molecule has 0 amide bonds. The summed E-state index contributed by atoms with van der Waals surface area (Å²) in [4.78, 5) is 27.4. The van der Waals surface area contributed by atoms with Gasteiger partial charge in [-0.15, -0.1) is 0 Å². The van der Waals surface area contributed by atoms with Crippen LogP contribution in [0.4, 0.5) is 0 Å².